The Labute approximate surface area is 72.1 Å². The Hall–Kier alpha value is -0.610. The van der Waals surface area contributed by atoms with E-state index >= 15 is 0 Å². The van der Waals surface area contributed by atoms with Crippen LogP contribution in [0.1, 0.15) is 6.42 Å². The molecule has 1 aliphatic rings. The predicted octanol–water partition coefficient (Wildman–Crippen LogP) is -0.528. The van der Waals surface area contributed by atoms with E-state index in [-0.39, 0.29) is 18.0 Å². The third-order valence-electron chi connectivity index (χ3n) is 2.25. The second-order valence-corrected chi connectivity index (χ2v) is 3.33. The lowest BCUT2D eigenvalue weighted by Gasteiger charge is -2.10. The third-order valence-corrected chi connectivity index (χ3v) is 2.25. The standard InChI is InChI=1S/C8H15NO3/c1-9-4-6(7(10)5-9)3-8(11)12-2/h6-7,10H,3-5H2,1-2H3. The SMILES string of the molecule is COC(=O)CC1CN(C)CC1O. The van der Waals surface area contributed by atoms with Gasteiger partial charge in [0.2, 0.25) is 0 Å². The first kappa shape index (κ1) is 9.48. The van der Waals surface area contributed by atoms with E-state index in [4.69, 9.17) is 0 Å². The van der Waals surface area contributed by atoms with Gasteiger partial charge in [0, 0.05) is 19.0 Å². The summed E-state index contributed by atoms with van der Waals surface area (Å²) >= 11 is 0. The number of carbonyl (C=O) groups is 1. The number of hydrogen-bond donors (Lipinski definition) is 1. The van der Waals surface area contributed by atoms with Gasteiger partial charge in [-0.2, -0.15) is 0 Å². The number of aliphatic hydroxyl groups is 1. The lowest BCUT2D eigenvalue weighted by Crippen LogP contribution is -2.21. The maximum atomic E-state index is 10.9. The van der Waals surface area contributed by atoms with Crippen molar-refractivity contribution in [2.75, 3.05) is 27.2 Å². The summed E-state index contributed by atoms with van der Waals surface area (Å²) in [4.78, 5) is 12.9. The molecule has 12 heavy (non-hydrogen) atoms. The average Bonchev–Trinajstić information content (AvgIpc) is 2.30. The summed E-state index contributed by atoms with van der Waals surface area (Å²) in [5.41, 5.74) is 0. The van der Waals surface area contributed by atoms with Gasteiger partial charge in [-0.25, -0.2) is 0 Å². The van der Waals surface area contributed by atoms with Gasteiger partial charge in [0.05, 0.1) is 19.6 Å². The largest absolute Gasteiger partial charge is 0.469 e. The minimum Gasteiger partial charge on any atom is -0.469 e. The highest BCUT2D eigenvalue weighted by atomic mass is 16.5. The molecule has 0 amide bonds. The second-order valence-electron chi connectivity index (χ2n) is 3.33. The number of β-amino-alcohol motifs (C(OH)–C–C–N with tert-alkyl or cyclic N) is 1. The smallest absolute Gasteiger partial charge is 0.305 e. The van der Waals surface area contributed by atoms with E-state index in [0.717, 1.165) is 6.54 Å². The van der Waals surface area contributed by atoms with Gasteiger partial charge in [-0.05, 0) is 7.05 Å². The maximum absolute atomic E-state index is 10.9. The van der Waals surface area contributed by atoms with Gasteiger partial charge in [-0.3, -0.25) is 4.79 Å². The normalized spacial score (nSPS) is 30.6. The Kier molecular flexibility index (Phi) is 3.05. The van der Waals surface area contributed by atoms with Crippen molar-refractivity contribution in [3.63, 3.8) is 0 Å². The van der Waals surface area contributed by atoms with Gasteiger partial charge >= 0.3 is 5.97 Å². The van der Waals surface area contributed by atoms with Crippen LogP contribution in [0.2, 0.25) is 0 Å². The molecule has 0 spiro atoms. The van der Waals surface area contributed by atoms with Crippen LogP contribution < -0.4 is 0 Å². The molecule has 70 valence electrons. The van der Waals surface area contributed by atoms with Gasteiger partial charge < -0.3 is 14.7 Å². The highest BCUT2D eigenvalue weighted by Crippen LogP contribution is 2.18. The molecule has 0 aliphatic carbocycles. The molecular weight excluding hydrogens is 158 g/mol. The van der Waals surface area contributed by atoms with Gasteiger partial charge in [0.25, 0.3) is 0 Å². The van der Waals surface area contributed by atoms with Crippen LogP contribution in [0.3, 0.4) is 0 Å². The van der Waals surface area contributed by atoms with Crippen molar-refractivity contribution in [2.45, 2.75) is 12.5 Å². The number of hydrogen-bond acceptors (Lipinski definition) is 4. The average molecular weight is 173 g/mol. The van der Waals surface area contributed by atoms with Crippen LogP contribution in [0.5, 0.6) is 0 Å². The molecule has 0 aromatic rings. The topological polar surface area (TPSA) is 49.8 Å². The molecule has 4 heteroatoms. The molecule has 2 unspecified atom stereocenters. The van der Waals surface area contributed by atoms with E-state index in [1.807, 2.05) is 11.9 Å². The van der Waals surface area contributed by atoms with Crippen molar-refractivity contribution < 1.29 is 14.6 Å². The number of aliphatic hydroxyl groups excluding tert-OH is 1. The van der Waals surface area contributed by atoms with Crippen LogP contribution in [-0.4, -0.2) is 49.3 Å². The Morgan fingerprint density at radius 3 is 2.75 bits per heavy atom. The number of esters is 1. The van der Waals surface area contributed by atoms with Crippen LogP contribution >= 0.6 is 0 Å². The van der Waals surface area contributed by atoms with Crippen molar-refractivity contribution >= 4 is 5.97 Å². The lowest BCUT2D eigenvalue weighted by molar-refractivity contribution is -0.142. The first-order valence-corrected chi connectivity index (χ1v) is 4.07. The molecule has 1 fully saturated rings. The Balaban J connectivity index is 2.37. The van der Waals surface area contributed by atoms with Crippen molar-refractivity contribution in [3.8, 4) is 0 Å². The zero-order valence-electron chi connectivity index (χ0n) is 7.49. The first-order chi connectivity index (χ1) is 5.63. The van der Waals surface area contributed by atoms with Crippen LogP contribution in [-0.2, 0) is 9.53 Å². The summed E-state index contributed by atoms with van der Waals surface area (Å²) in [6.45, 7) is 1.43. The highest BCUT2D eigenvalue weighted by Gasteiger charge is 2.30. The second kappa shape index (κ2) is 3.87. The first-order valence-electron chi connectivity index (χ1n) is 4.07. The van der Waals surface area contributed by atoms with Crippen LogP contribution in [0.4, 0.5) is 0 Å². The molecule has 0 aromatic carbocycles. The van der Waals surface area contributed by atoms with E-state index in [1.54, 1.807) is 0 Å². The molecule has 1 heterocycles. The van der Waals surface area contributed by atoms with Crippen molar-refractivity contribution in [1.82, 2.24) is 4.90 Å². The zero-order chi connectivity index (χ0) is 9.14. The minimum absolute atomic E-state index is 0.0439. The molecule has 2 atom stereocenters. The number of carbonyl (C=O) groups excluding carboxylic acids is 1. The van der Waals surface area contributed by atoms with E-state index in [2.05, 4.69) is 4.74 Å². The molecule has 4 nitrogen and oxygen atoms in total. The summed E-state index contributed by atoms with van der Waals surface area (Å²) in [5, 5.41) is 9.45. The molecule has 0 saturated carbocycles. The quantitative estimate of drug-likeness (QED) is 0.570. The number of likely N-dealkylation sites (N-methyl/N-ethyl adjacent to an activating group) is 1. The summed E-state index contributed by atoms with van der Waals surface area (Å²) in [5.74, 6) is -0.197. The van der Waals surface area contributed by atoms with Crippen molar-refractivity contribution in [2.24, 2.45) is 5.92 Å². The number of rotatable bonds is 2. The molecule has 1 saturated heterocycles. The Morgan fingerprint density at radius 1 is 1.67 bits per heavy atom. The van der Waals surface area contributed by atoms with E-state index < -0.39 is 0 Å². The summed E-state index contributed by atoms with van der Waals surface area (Å²) in [6.07, 6.45) is -0.0590. The minimum atomic E-state index is -0.380. The maximum Gasteiger partial charge on any atom is 0.305 e. The molecule has 1 aliphatic heterocycles. The van der Waals surface area contributed by atoms with Gasteiger partial charge in [-0.1, -0.05) is 0 Å². The molecule has 0 aromatic heterocycles. The zero-order valence-corrected chi connectivity index (χ0v) is 7.49. The molecular formula is C8H15NO3. The Bertz CT molecular complexity index is 172. The number of ether oxygens (including phenoxy) is 1. The van der Waals surface area contributed by atoms with Gasteiger partial charge in [0.1, 0.15) is 0 Å². The third kappa shape index (κ3) is 2.19. The molecule has 1 N–H and O–H groups in total. The molecule has 0 bridgehead atoms. The van der Waals surface area contributed by atoms with Crippen LogP contribution in [0.15, 0.2) is 0 Å². The van der Waals surface area contributed by atoms with Crippen molar-refractivity contribution in [1.29, 1.82) is 0 Å². The molecule has 1 rings (SSSR count). The Morgan fingerprint density at radius 2 is 2.33 bits per heavy atom. The van der Waals surface area contributed by atoms with Crippen LogP contribution in [0, 0.1) is 5.92 Å². The number of nitrogens with zero attached hydrogens (tertiary/aromatic N) is 1. The summed E-state index contributed by atoms with van der Waals surface area (Å²) < 4.78 is 4.53. The molecule has 0 radical (unpaired) electrons. The van der Waals surface area contributed by atoms with E-state index in [1.165, 1.54) is 7.11 Å². The number of likely N-dealkylation sites (tertiary alicyclic amines) is 1. The van der Waals surface area contributed by atoms with Gasteiger partial charge in [-0.15, -0.1) is 0 Å². The van der Waals surface area contributed by atoms with Gasteiger partial charge in [0.15, 0.2) is 0 Å². The predicted molar refractivity (Wildman–Crippen MR) is 43.6 cm³/mol. The van der Waals surface area contributed by atoms with Crippen molar-refractivity contribution in [3.05, 3.63) is 0 Å². The summed E-state index contributed by atoms with van der Waals surface area (Å²) in [6, 6.07) is 0. The van der Waals surface area contributed by atoms with Crippen LogP contribution in [0.25, 0.3) is 0 Å². The van der Waals surface area contributed by atoms with E-state index in [0.29, 0.717) is 13.0 Å². The monoisotopic (exact) mass is 173 g/mol. The lowest BCUT2D eigenvalue weighted by atomic mass is 10.0. The van der Waals surface area contributed by atoms with E-state index in [9.17, 15) is 9.90 Å². The summed E-state index contributed by atoms with van der Waals surface area (Å²) in [7, 11) is 3.30. The fraction of sp³-hybridized carbons (Fsp3) is 0.875. The number of methoxy groups -OCH3 is 1. The highest BCUT2D eigenvalue weighted by molar-refractivity contribution is 5.69. The fourth-order valence-electron chi connectivity index (χ4n) is 1.56. The fourth-order valence-corrected chi connectivity index (χ4v) is 1.56.